The largest absolute Gasteiger partial charge is 0.456 e. The molecule has 0 saturated carbocycles. The van der Waals surface area contributed by atoms with E-state index in [1.165, 1.54) is 0 Å². The summed E-state index contributed by atoms with van der Waals surface area (Å²) in [5.74, 6) is 1.48. The zero-order valence-electron chi connectivity index (χ0n) is 30.3. The van der Waals surface area contributed by atoms with Gasteiger partial charge in [0.25, 0.3) is 0 Å². The Balaban J connectivity index is 1.64. The van der Waals surface area contributed by atoms with E-state index in [2.05, 4.69) is 55.4 Å². The molecule has 2 aromatic rings. The number of hydrogen-bond donors (Lipinski definition) is 0. The van der Waals surface area contributed by atoms with Gasteiger partial charge in [-0.15, -0.1) is 0 Å². The van der Waals surface area contributed by atoms with Crippen molar-refractivity contribution in [3.05, 3.63) is 57.1 Å². The summed E-state index contributed by atoms with van der Waals surface area (Å²) in [6, 6.07) is 5.34. The van der Waals surface area contributed by atoms with Gasteiger partial charge in [0.15, 0.2) is 0 Å². The summed E-state index contributed by atoms with van der Waals surface area (Å²) >= 11 is 0. The topological polar surface area (TPSA) is 80.3 Å². The fourth-order valence-corrected chi connectivity index (χ4v) is 7.02. The summed E-state index contributed by atoms with van der Waals surface area (Å²) < 4.78 is 31.2. The minimum absolute atomic E-state index is 0.0239. The van der Waals surface area contributed by atoms with Crippen LogP contribution in [0.2, 0.25) is 0 Å². The molecule has 7 heteroatoms. The first-order valence-electron chi connectivity index (χ1n) is 17.2. The maximum absolute atomic E-state index is 13.9. The Kier molecular flexibility index (Phi) is 11.3. The fourth-order valence-electron chi connectivity index (χ4n) is 7.02. The first-order chi connectivity index (χ1) is 21.6. The van der Waals surface area contributed by atoms with Crippen LogP contribution >= 0.6 is 0 Å². The number of rotatable bonds is 8. The van der Waals surface area contributed by atoms with Gasteiger partial charge in [-0.3, -0.25) is 0 Å². The average Bonchev–Trinajstić information content (AvgIpc) is 3.03. The molecule has 2 fully saturated rings. The van der Waals surface area contributed by atoms with Gasteiger partial charge in [0.05, 0.1) is 17.8 Å². The molecular weight excluding hydrogens is 580 g/mol. The number of hydrogen-bond acceptors (Lipinski definition) is 7. The lowest BCUT2D eigenvalue weighted by molar-refractivity contribution is -0.225. The normalized spacial score (nSPS) is 31.3. The van der Waals surface area contributed by atoms with Gasteiger partial charge in [0.2, 0.25) is 12.6 Å². The molecule has 2 aliphatic heterocycles. The first kappa shape index (κ1) is 35.9. The highest BCUT2D eigenvalue weighted by Crippen LogP contribution is 2.40. The molecule has 0 amide bonds. The number of benzene rings is 2. The Morgan fingerprint density at radius 1 is 0.609 bits per heavy atom. The highest BCUT2D eigenvalue weighted by molar-refractivity contribution is 5.94. The molecule has 0 N–H and O–H groups in total. The molecule has 2 aromatic carbocycles. The van der Waals surface area contributed by atoms with Gasteiger partial charge in [0.1, 0.15) is 17.1 Å². The van der Waals surface area contributed by atoms with Crippen LogP contribution in [-0.4, -0.2) is 36.7 Å². The predicted octanol–water partition coefficient (Wildman–Crippen LogP) is 9.42. The lowest BCUT2D eigenvalue weighted by Gasteiger charge is -2.42. The third kappa shape index (κ3) is 7.01. The SMILES string of the molecule is CCC1O[C@@H](OC(=O)c2cc(C)c(C)c(Oc3c(C(=O)O[C@H]4OC(CC)[C@@H](C)C(C)[C@H]4C)cc(C)c(C)c3C)c2)C(C)[C@@H](C)C1C. The van der Waals surface area contributed by atoms with E-state index in [0.717, 1.165) is 40.7 Å². The van der Waals surface area contributed by atoms with E-state index in [9.17, 15) is 9.59 Å². The van der Waals surface area contributed by atoms with Gasteiger partial charge in [-0.05, 0) is 117 Å². The minimum Gasteiger partial charge on any atom is -0.456 e. The number of esters is 2. The van der Waals surface area contributed by atoms with Crippen LogP contribution in [0.3, 0.4) is 0 Å². The van der Waals surface area contributed by atoms with E-state index in [0.29, 0.717) is 46.3 Å². The van der Waals surface area contributed by atoms with Gasteiger partial charge in [-0.25, -0.2) is 9.59 Å². The third-order valence-electron chi connectivity index (χ3n) is 11.6. The quantitative estimate of drug-likeness (QED) is 0.267. The van der Waals surface area contributed by atoms with E-state index in [1.54, 1.807) is 6.07 Å². The molecule has 0 spiro atoms. The summed E-state index contributed by atoms with van der Waals surface area (Å²) in [4.78, 5) is 27.4. The van der Waals surface area contributed by atoms with Crippen molar-refractivity contribution in [2.75, 3.05) is 0 Å². The molecule has 7 nitrogen and oxygen atoms in total. The molecule has 4 rings (SSSR count). The van der Waals surface area contributed by atoms with Gasteiger partial charge in [-0.2, -0.15) is 0 Å². The van der Waals surface area contributed by atoms with Crippen molar-refractivity contribution < 1.29 is 33.3 Å². The van der Waals surface area contributed by atoms with Crippen LogP contribution in [0, 0.1) is 70.1 Å². The van der Waals surface area contributed by atoms with Crippen molar-refractivity contribution in [2.24, 2.45) is 35.5 Å². The van der Waals surface area contributed by atoms with Crippen molar-refractivity contribution in [1.29, 1.82) is 0 Å². The van der Waals surface area contributed by atoms with Crippen LogP contribution in [-0.2, 0) is 18.9 Å². The van der Waals surface area contributed by atoms with Crippen molar-refractivity contribution in [2.45, 2.75) is 128 Å². The Hall–Kier alpha value is -2.90. The number of carbonyl (C=O) groups excluding carboxylic acids is 2. The van der Waals surface area contributed by atoms with E-state index in [-0.39, 0.29) is 24.0 Å². The summed E-state index contributed by atoms with van der Waals surface area (Å²) in [6.45, 7) is 27.0. The lowest BCUT2D eigenvalue weighted by Crippen LogP contribution is -2.46. The first-order valence-corrected chi connectivity index (χ1v) is 17.2. The Morgan fingerprint density at radius 2 is 1.09 bits per heavy atom. The van der Waals surface area contributed by atoms with Crippen LogP contribution in [0.25, 0.3) is 0 Å². The molecule has 10 atom stereocenters. The maximum Gasteiger partial charge on any atom is 0.344 e. The second-order valence-corrected chi connectivity index (χ2v) is 14.2. The van der Waals surface area contributed by atoms with E-state index in [1.807, 2.05) is 46.8 Å². The molecule has 2 aliphatic rings. The molecule has 0 aliphatic carbocycles. The third-order valence-corrected chi connectivity index (χ3v) is 11.6. The minimum atomic E-state index is -0.650. The van der Waals surface area contributed by atoms with Crippen LogP contribution in [0.1, 0.15) is 117 Å². The molecule has 0 bridgehead atoms. The lowest BCUT2D eigenvalue weighted by atomic mass is 9.78. The number of aryl methyl sites for hydroxylation is 2. The predicted molar refractivity (Wildman–Crippen MR) is 180 cm³/mol. The van der Waals surface area contributed by atoms with Crippen molar-refractivity contribution in [3.63, 3.8) is 0 Å². The Bertz CT molecular complexity index is 1430. The van der Waals surface area contributed by atoms with Crippen molar-refractivity contribution >= 4 is 11.9 Å². The van der Waals surface area contributed by atoms with E-state index < -0.39 is 24.5 Å². The standard InChI is InChI=1S/C39H56O7/c1-14-32-25(9)23(7)28(12)38(43-32)45-36(40)30-16-19(3)22(6)34(18-30)42-35-27(11)21(5)20(4)17-31(35)37(41)46-39-29(13)24(8)26(10)33(15-2)44-39/h16-18,23-26,28-29,32-33,38-39H,14-15H2,1-13H3/t23-,24?,25?,26-,28?,29+,32?,33?,38-,39+/m0/s1. The smallest absolute Gasteiger partial charge is 0.344 e. The zero-order valence-corrected chi connectivity index (χ0v) is 30.3. The zero-order chi connectivity index (χ0) is 34.2. The van der Waals surface area contributed by atoms with Gasteiger partial charge < -0.3 is 23.7 Å². The van der Waals surface area contributed by atoms with Crippen LogP contribution in [0.4, 0.5) is 0 Å². The highest BCUT2D eigenvalue weighted by Gasteiger charge is 2.42. The molecule has 2 heterocycles. The van der Waals surface area contributed by atoms with Gasteiger partial charge in [0, 0.05) is 11.8 Å². The molecule has 254 valence electrons. The molecule has 0 aromatic heterocycles. The summed E-state index contributed by atoms with van der Waals surface area (Å²) in [5.41, 5.74) is 5.26. The number of ether oxygens (including phenoxy) is 5. The fraction of sp³-hybridized carbons (Fsp3) is 0.641. The second-order valence-electron chi connectivity index (χ2n) is 14.2. The highest BCUT2D eigenvalue weighted by atomic mass is 16.7. The van der Waals surface area contributed by atoms with E-state index in [4.69, 9.17) is 23.7 Å². The van der Waals surface area contributed by atoms with Crippen LogP contribution in [0.5, 0.6) is 11.5 Å². The summed E-state index contributed by atoms with van der Waals surface area (Å²) in [5, 5.41) is 0. The van der Waals surface area contributed by atoms with Crippen LogP contribution < -0.4 is 4.74 Å². The molecule has 0 radical (unpaired) electrons. The monoisotopic (exact) mass is 636 g/mol. The molecule has 5 unspecified atom stereocenters. The van der Waals surface area contributed by atoms with Crippen molar-refractivity contribution in [1.82, 2.24) is 0 Å². The summed E-state index contributed by atoms with van der Waals surface area (Å²) in [7, 11) is 0. The Labute approximate surface area is 276 Å². The van der Waals surface area contributed by atoms with Crippen molar-refractivity contribution in [3.8, 4) is 11.5 Å². The van der Waals surface area contributed by atoms with Gasteiger partial charge >= 0.3 is 11.9 Å². The van der Waals surface area contributed by atoms with Crippen LogP contribution in [0.15, 0.2) is 18.2 Å². The second kappa shape index (κ2) is 14.5. The summed E-state index contributed by atoms with van der Waals surface area (Å²) in [6.07, 6.45) is 0.496. The number of carbonyl (C=O) groups is 2. The molecular formula is C39H56O7. The molecule has 46 heavy (non-hydrogen) atoms. The maximum atomic E-state index is 13.9. The van der Waals surface area contributed by atoms with Gasteiger partial charge in [-0.1, -0.05) is 55.4 Å². The average molecular weight is 637 g/mol. The van der Waals surface area contributed by atoms with E-state index >= 15 is 0 Å². The Morgan fingerprint density at radius 3 is 1.59 bits per heavy atom. The molecule has 2 saturated heterocycles.